The standard InChI is InChI=1S/C19H22N2O4S/c1-23-13-9-12-16(18(25-3)17(13)24-2)10(8-15(22)20-12)19-21-11-6-4-5-7-14(11)26-19/h9-10H,4-8H2,1-3H3,(H,20,22). The van der Waals surface area contributed by atoms with Crippen molar-refractivity contribution in [2.45, 2.75) is 38.0 Å². The Kier molecular flexibility index (Phi) is 4.48. The van der Waals surface area contributed by atoms with Gasteiger partial charge in [-0.3, -0.25) is 4.79 Å². The average molecular weight is 374 g/mol. The molecule has 1 aromatic carbocycles. The summed E-state index contributed by atoms with van der Waals surface area (Å²) in [6, 6.07) is 1.80. The number of aryl methyl sites for hydroxylation is 2. The van der Waals surface area contributed by atoms with Crippen molar-refractivity contribution in [3.05, 3.63) is 27.2 Å². The lowest BCUT2D eigenvalue weighted by molar-refractivity contribution is -0.116. The van der Waals surface area contributed by atoms with Crippen LogP contribution in [0, 0.1) is 0 Å². The topological polar surface area (TPSA) is 69.7 Å². The van der Waals surface area contributed by atoms with Gasteiger partial charge in [0.2, 0.25) is 11.7 Å². The third-order valence-corrected chi connectivity index (χ3v) is 6.31. The maximum Gasteiger partial charge on any atom is 0.225 e. The summed E-state index contributed by atoms with van der Waals surface area (Å²) in [6.45, 7) is 0. The Morgan fingerprint density at radius 1 is 1.12 bits per heavy atom. The van der Waals surface area contributed by atoms with Crippen LogP contribution in [0.3, 0.4) is 0 Å². The Hall–Kier alpha value is -2.28. The van der Waals surface area contributed by atoms with Crippen LogP contribution in [0.5, 0.6) is 17.2 Å². The highest BCUT2D eigenvalue weighted by molar-refractivity contribution is 7.11. The maximum atomic E-state index is 12.4. The molecule has 4 rings (SSSR count). The van der Waals surface area contributed by atoms with Gasteiger partial charge in [-0.05, 0) is 25.7 Å². The second-order valence-corrected chi connectivity index (χ2v) is 7.66. The van der Waals surface area contributed by atoms with Gasteiger partial charge in [0.1, 0.15) is 5.01 Å². The zero-order valence-corrected chi connectivity index (χ0v) is 16.0. The lowest BCUT2D eigenvalue weighted by atomic mass is 9.89. The summed E-state index contributed by atoms with van der Waals surface area (Å²) in [5, 5.41) is 3.93. The third-order valence-electron chi connectivity index (χ3n) is 5.04. The van der Waals surface area contributed by atoms with E-state index in [1.54, 1.807) is 38.7 Å². The number of carbonyl (C=O) groups is 1. The Balaban J connectivity index is 1.89. The molecule has 0 radical (unpaired) electrons. The molecule has 26 heavy (non-hydrogen) atoms. The summed E-state index contributed by atoms with van der Waals surface area (Å²) < 4.78 is 16.6. The van der Waals surface area contributed by atoms with Crippen LogP contribution < -0.4 is 19.5 Å². The molecule has 1 aliphatic carbocycles. The lowest BCUT2D eigenvalue weighted by Crippen LogP contribution is -2.24. The number of ether oxygens (including phenoxy) is 3. The van der Waals surface area contributed by atoms with Gasteiger partial charge in [-0.1, -0.05) is 0 Å². The molecule has 0 bridgehead atoms. The van der Waals surface area contributed by atoms with Gasteiger partial charge in [-0.2, -0.15) is 0 Å². The van der Waals surface area contributed by atoms with Gasteiger partial charge < -0.3 is 19.5 Å². The van der Waals surface area contributed by atoms with Crippen molar-refractivity contribution >= 4 is 22.9 Å². The number of amides is 1. The fourth-order valence-corrected chi connectivity index (χ4v) is 5.11. The van der Waals surface area contributed by atoms with Crippen molar-refractivity contribution in [3.63, 3.8) is 0 Å². The summed E-state index contributed by atoms with van der Waals surface area (Å²) in [6.07, 6.45) is 4.87. The van der Waals surface area contributed by atoms with E-state index in [4.69, 9.17) is 19.2 Å². The number of anilines is 1. The molecule has 1 atom stereocenters. The van der Waals surface area contributed by atoms with Crippen LogP contribution in [-0.2, 0) is 17.6 Å². The summed E-state index contributed by atoms with van der Waals surface area (Å²) in [7, 11) is 4.77. The number of hydrogen-bond donors (Lipinski definition) is 1. The Morgan fingerprint density at radius 3 is 2.58 bits per heavy atom. The van der Waals surface area contributed by atoms with Crippen LogP contribution in [0.1, 0.15) is 46.3 Å². The zero-order chi connectivity index (χ0) is 18.3. The van der Waals surface area contributed by atoms with Crippen molar-refractivity contribution in [3.8, 4) is 17.2 Å². The van der Waals surface area contributed by atoms with Crippen LogP contribution in [0.2, 0.25) is 0 Å². The Morgan fingerprint density at radius 2 is 1.88 bits per heavy atom. The summed E-state index contributed by atoms with van der Waals surface area (Å²) >= 11 is 1.73. The number of methoxy groups -OCH3 is 3. The lowest BCUT2D eigenvalue weighted by Gasteiger charge is -2.28. The van der Waals surface area contributed by atoms with Crippen LogP contribution in [-0.4, -0.2) is 32.2 Å². The van der Waals surface area contributed by atoms with E-state index in [0.29, 0.717) is 29.4 Å². The molecule has 1 aromatic heterocycles. The molecule has 2 aliphatic rings. The highest BCUT2D eigenvalue weighted by Crippen LogP contribution is 2.51. The molecule has 0 spiro atoms. The van der Waals surface area contributed by atoms with Gasteiger partial charge in [0.05, 0.1) is 38.6 Å². The molecule has 138 valence electrons. The first-order valence-corrected chi connectivity index (χ1v) is 9.59. The number of hydrogen-bond acceptors (Lipinski definition) is 6. The van der Waals surface area contributed by atoms with Gasteiger partial charge in [-0.15, -0.1) is 11.3 Å². The minimum absolute atomic E-state index is 0.0232. The predicted octanol–water partition coefficient (Wildman–Crippen LogP) is 3.52. The number of benzene rings is 1. The van der Waals surface area contributed by atoms with E-state index in [2.05, 4.69) is 5.32 Å². The molecule has 1 aliphatic heterocycles. The van der Waals surface area contributed by atoms with Gasteiger partial charge in [0, 0.05) is 22.9 Å². The van der Waals surface area contributed by atoms with Crippen LogP contribution in [0.25, 0.3) is 0 Å². The first kappa shape index (κ1) is 17.1. The molecule has 2 heterocycles. The normalized spacial score (nSPS) is 18.6. The SMILES string of the molecule is COc1cc2c(c(OC)c1OC)C(c1nc3c(s1)CCCC3)CC(=O)N2. The molecular weight excluding hydrogens is 352 g/mol. The highest BCUT2D eigenvalue weighted by Gasteiger charge is 2.35. The molecule has 0 saturated carbocycles. The molecule has 1 amide bonds. The van der Waals surface area contributed by atoms with Crippen molar-refractivity contribution in [1.29, 1.82) is 0 Å². The smallest absolute Gasteiger partial charge is 0.225 e. The zero-order valence-electron chi connectivity index (χ0n) is 15.2. The number of carbonyl (C=O) groups excluding carboxylic acids is 1. The molecule has 6 nitrogen and oxygen atoms in total. The van der Waals surface area contributed by atoms with Gasteiger partial charge in [-0.25, -0.2) is 4.98 Å². The molecule has 1 N–H and O–H groups in total. The fraction of sp³-hybridized carbons (Fsp3) is 0.474. The second-order valence-electron chi connectivity index (χ2n) is 6.54. The van der Waals surface area contributed by atoms with Crippen LogP contribution in [0.4, 0.5) is 5.69 Å². The predicted molar refractivity (Wildman–Crippen MR) is 99.9 cm³/mol. The van der Waals surface area contributed by atoms with Crippen molar-refractivity contribution in [2.24, 2.45) is 0 Å². The van der Waals surface area contributed by atoms with Crippen LogP contribution >= 0.6 is 11.3 Å². The summed E-state index contributed by atoms with van der Waals surface area (Å²) in [5.41, 5.74) is 2.81. The minimum Gasteiger partial charge on any atom is -0.493 e. The van der Waals surface area contributed by atoms with E-state index in [1.165, 1.54) is 23.4 Å². The van der Waals surface area contributed by atoms with E-state index in [9.17, 15) is 4.79 Å². The van der Waals surface area contributed by atoms with E-state index < -0.39 is 0 Å². The number of thiazole rings is 1. The minimum atomic E-state index is -0.135. The first-order valence-electron chi connectivity index (χ1n) is 8.77. The molecule has 7 heteroatoms. The molecule has 0 saturated heterocycles. The van der Waals surface area contributed by atoms with Crippen molar-refractivity contribution in [1.82, 2.24) is 4.98 Å². The van der Waals surface area contributed by atoms with Gasteiger partial charge in [0.15, 0.2) is 11.5 Å². The second kappa shape index (κ2) is 6.79. The molecular formula is C19H22N2O4S. The fourth-order valence-electron chi connectivity index (χ4n) is 3.85. The van der Waals surface area contributed by atoms with E-state index in [0.717, 1.165) is 23.4 Å². The number of nitrogens with zero attached hydrogens (tertiary/aromatic N) is 1. The maximum absolute atomic E-state index is 12.4. The van der Waals surface area contributed by atoms with E-state index in [1.807, 2.05) is 0 Å². The average Bonchev–Trinajstić information content (AvgIpc) is 3.09. The number of fused-ring (bicyclic) bond motifs is 2. The molecule has 2 aromatic rings. The summed E-state index contributed by atoms with van der Waals surface area (Å²) in [5.74, 6) is 1.51. The number of nitrogens with one attached hydrogen (secondary N) is 1. The largest absolute Gasteiger partial charge is 0.493 e. The van der Waals surface area contributed by atoms with E-state index in [-0.39, 0.29) is 11.8 Å². The van der Waals surface area contributed by atoms with Crippen molar-refractivity contribution in [2.75, 3.05) is 26.6 Å². The first-order chi connectivity index (χ1) is 12.7. The van der Waals surface area contributed by atoms with E-state index >= 15 is 0 Å². The molecule has 1 unspecified atom stereocenters. The highest BCUT2D eigenvalue weighted by atomic mass is 32.1. The van der Waals surface area contributed by atoms with Crippen molar-refractivity contribution < 1.29 is 19.0 Å². The van der Waals surface area contributed by atoms with Gasteiger partial charge >= 0.3 is 0 Å². The number of aromatic nitrogens is 1. The Bertz CT molecular complexity index is 838. The molecule has 0 fully saturated rings. The quantitative estimate of drug-likeness (QED) is 0.887. The Labute approximate surface area is 156 Å². The third kappa shape index (κ3) is 2.70. The number of rotatable bonds is 4. The van der Waals surface area contributed by atoms with Gasteiger partial charge in [0.25, 0.3) is 0 Å². The summed E-state index contributed by atoms with van der Waals surface area (Å²) in [4.78, 5) is 18.6. The monoisotopic (exact) mass is 374 g/mol. The van der Waals surface area contributed by atoms with Crippen LogP contribution in [0.15, 0.2) is 6.07 Å².